The Morgan fingerprint density at radius 2 is 2.18 bits per heavy atom. The molecule has 3 nitrogen and oxygen atoms in total. The lowest BCUT2D eigenvalue weighted by molar-refractivity contribution is 0.182. The molecule has 3 heteroatoms. The molecule has 0 unspecified atom stereocenters. The van der Waals surface area contributed by atoms with E-state index in [1.54, 1.807) is 0 Å². The molecule has 2 N–H and O–H groups in total. The van der Waals surface area contributed by atoms with Crippen molar-refractivity contribution in [3.8, 4) is 0 Å². The van der Waals surface area contributed by atoms with Gasteiger partial charge in [-0.2, -0.15) is 0 Å². The summed E-state index contributed by atoms with van der Waals surface area (Å²) in [5, 5.41) is 0. The second-order valence-corrected chi connectivity index (χ2v) is 5.59. The molecule has 1 saturated carbocycles. The molecule has 0 radical (unpaired) electrons. The Kier molecular flexibility index (Phi) is 2.18. The fourth-order valence-corrected chi connectivity index (χ4v) is 3.33. The van der Waals surface area contributed by atoms with E-state index < -0.39 is 0 Å². The highest BCUT2D eigenvalue weighted by atomic mass is 15.4. The molecular formula is C14H19N3. The van der Waals surface area contributed by atoms with Gasteiger partial charge in [-0.3, -0.25) is 4.99 Å². The third-order valence-corrected chi connectivity index (χ3v) is 3.96. The fourth-order valence-electron chi connectivity index (χ4n) is 3.33. The maximum atomic E-state index is 6.07. The van der Waals surface area contributed by atoms with E-state index in [9.17, 15) is 0 Å². The number of anilines is 1. The van der Waals surface area contributed by atoms with Crippen LogP contribution in [-0.4, -0.2) is 18.0 Å². The van der Waals surface area contributed by atoms with Crippen LogP contribution in [0.1, 0.15) is 25.3 Å². The summed E-state index contributed by atoms with van der Waals surface area (Å²) in [7, 11) is 0. The fraction of sp³-hybridized carbons (Fsp3) is 0.500. The lowest BCUT2D eigenvalue weighted by atomic mass is 9.68. The van der Waals surface area contributed by atoms with Crippen LogP contribution in [0.2, 0.25) is 0 Å². The summed E-state index contributed by atoms with van der Waals surface area (Å²) in [6.45, 7) is 5.27. The van der Waals surface area contributed by atoms with E-state index in [2.05, 4.69) is 48.0 Å². The molecule has 1 heterocycles. The lowest BCUT2D eigenvalue weighted by Gasteiger charge is -2.49. The molecule has 1 spiro atoms. The molecule has 1 fully saturated rings. The van der Waals surface area contributed by atoms with E-state index >= 15 is 0 Å². The summed E-state index contributed by atoms with van der Waals surface area (Å²) >= 11 is 0. The molecule has 0 amide bonds. The molecule has 1 aliphatic heterocycles. The lowest BCUT2D eigenvalue weighted by Crippen LogP contribution is -2.59. The van der Waals surface area contributed by atoms with Gasteiger partial charge in [0.05, 0.1) is 12.1 Å². The Balaban J connectivity index is 1.97. The Hall–Kier alpha value is -1.51. The number of nitrogens with zero attached hydrogens (tertiary/aromatic N) is 2. The van der Waals surface area contributed by atoms with Gasteiger partial charge in [0.25, 0.3) is 0 Å². The predicted molar refractivity (Wildman–Crippen MR) is 71.3 cm³/mol. The highest BCUT2D eigenvalue weighted by molar-refractivity contribution is 5.98. The number of guanidine groups is 1. The minimum atomic E-state index is 0.178. The molecule has 0 aromatic heterocycles. The van der Waals surface area contributed by atoms with Gasteiger partial charge in [-0.05, 0) is 43.4 Å². The molecular weight excluding hydrogens is 210 g/mol. The van der Waals surface area contributed by atoms with Gasteiger partial charge in [-0.15, -0.1) is 0 Å². The first kappa shape index (κ1) is 10.6. The predicted octanol–water partition coefficient (Wildman–Crippen LogP) is 2.30. The molecule has 0 bridgehead atoms. The quantitative estimate of drug-likeness (QED) is 0.802. The summed E-state index contributed by atoms with van der Waals surface area (Å²) in [5.41, 5.74) is 8.70. The van der Waals surface area contributed by atoms with Gasteiger partial charge in [0.2, 0.25) is 0 Å². The Morgan fingerprint density at radius 3 is 2.82 bits per heavy atom. The number of benzene rings is 1. The third kappa shape index (κ3) is 1.53. The average molecular weight is 229 g/mol. The zero-order chi connectivity index (χ0) is 12.0. The Morgan fingerprint density at radius 1 is 1.41 bits per heavy atom. The SMILES string of the molecule is Cc1cccc(N2C(N)=NCC23CC(C)C3)c1. The van der Waals surface area contributed by atoms with Crippen LogP contribution in [0.25, 0.3) is 0 Å². The second kappa shape index (κ2) is 3.49. The van der Waals surface area contributed by atoms with Crippen molar-refractivity contribution in [3.05, 3.63) is 29.8 Å². The van der Waals surface area contributed by atoms with Crippen molar-refractivity contribution in [2.45, 2.75) is 32.2 Å². The van der Waals surface area contributed by atoms with E-state index in [1.165, 1.54) is 24.1 Å². The second-order valence-electron chi connectivity index (χ2n) is 5.59. The van der Waals surface area contributed by atoms with Crippen LogP contribution in [0.5, 0.6) is 0 Å². The van der Waals surface area contributed by atoms with Crippen LogP contribution in [0.3, 0.4) is 0 Å². The van der Waals surface area contributed by atoms with Crippen LogP contribution < -0.4 is 10.6 Å². The van der Waals surface area contributed by atoms with Gasteiger partial charge in [0, 0.05) is 5.69 Å². The Bertz CT molecular complexity index is 472. The normalized spacial score (nSPS) is 31.5. The van der Waals surface area contributed by atoms with E-state index in [4.69, 9.17) is 5.73 Å². The van der Waals surface area contributed by atoms with Crippen molar-refractivity contribution in [2.24, 2.45) is 16.6 Å². The minimum Gasteiger partial charge on any atom is -0.369 e. The first-order valence-corrected chi connectivity index (χ1v) is 6.28. The number of aliphatic imine (C=N–C) groups is 1. The Labute approximate surface area is 102 Å². The zero-order valence-electron chi connectivity index (χ0n) is 10.5. The summed E-state index contributed by atoms with van der Waals surface area (Å²) in [6, 6.07) is 8.53. The molecule has 3 rings (SSSR count). The number of hydrogen-bond donors (Lipinski definition) is 1. The van der Waals surface area contributed by atoms with Gasteiger partial charge in [-0.25, -0.2) is 0 Å². The summed E-state index contributed by atoms with van der Waals surface area (Å²) in [5.74, 6) is 1.48. The summed E-state index contributed by atoms with van der Waals surface area (Å²) in [4.78, 5) is 6.70. The van der Waals surface area contributed by atoms with Crippen molar-refractivity contribution in [1.82, 2.24) is 0 Å². The summed E-state index contributed by atoms with van der Waals surface area (Å²) in [6.07, 6.45) is 2.40. The van der Waals surface area contributed by atoms with Crippen molar-refractivity contribution >= 4 is 11.6 Å². The molecule has 1 aromatic carbocycles. The molecule has 2 aliphatic rings. The minimum absolute atomic E-state index is 0.178. The van der Waals surface area contributed by atoms with E-state index in [1.807, 2.05) is 0 Å². The van der Waals surface area contributed by atoms with E-state index in [-0.39, 0.29) is 5.54 Å². The van der Waals surface area contributed by atoms with Crippen LogP contribution in [0.4, 0.5) is 5.69 Å². The largest absolute Gasteiger partial charge is 0.369 e. The van der Waals surface area contributed by atoms with E-state index in [0.29, 0.717) is 5.96 Å². The maximum Gasteiger partial charge on any atom is 0.196 e. The summed E-state index contributed by atoms with van der Waals surface area (Å²) < 4.78 is 0. The number of hydrogen-bond acceptors (Lipinski definition) is 3. The molecule has 17 heavy (non-hydrogen) atoms. The average Bonchev–Trinajstić information content (AvgIpc) is 2.56. The topological polar surface area (TPSA) is 41.6 Å². The standard InChI is InChI=1S/C14H19N3/c1-10-4-3-5-12(6-10)17-13(15)16-9-14(17)7-11(2)8-14/h3-6,11H,7-9H2,1-2H3,(H2,15,16). The number of rotatable bonds is 1. The number of nitrogens with two attached hydrogens (primary N) is 1. The molecule has 0 atom stereocenters. The van der Waals surface area contributed by atoms with Gasteiger partial charge in [-0.1, -0.05) is 19.1 Å². The first-order valence-electron chi connectivity index (χ1n) is 6.28. The maximum absolute atomic E-state index is 6.07. The molecule has 90 valence electrons. The molecule has 1 aromatic rings. The van der Waals surface area contributed by atoms with Crippen LogP contribution in [-0.2, 0) is 0 Å². The van der Waals surface area contributed by atoms with Gasteiger partial charge in [0.15, 0.2) is 5.96 Å². The third-order valence-electron chi connectivity index (χ3n) is 3.96. The van der Waals surface area contributed by atoms with Crippen molar-refractivity contribution in [2.75, 3.05) is 11.4 Å². The first-order chi connectivity index (χ1) is 8.11. The van der Waals surface area contributed by atoms with Gasteiger partial charge < -0.3 is 10.6 Å². The zero-order valence-corrected chi connectivity index (χ0v) is 10.5. The highest BCUT2D eigenvalue weighted by Gasteiger charge is 2.51. The smallest absolute Gasteiger partial charge is 0.196 e. The molecule has 0 saturated heterocycles. The van der Waals surface area contributed by atoms with Gasteiger partial charge >= 0.3 is 0 Å². The monoisotopic (exact) mass is 229 g/mol. The van der Waals surface area contributed by atoms with Crippen LogP contribution in [0.15, 0.2) is 29.3 Å². The van der Waals surface area contributed by atoms with Crippen LogP contribution >= 0.6 is 0 Å². The van der Waals surface area contributed by atoms with E-state index in [0.717, 1.165) is 12.5 Å². The number of aryl methyl sites for hydroxylation is 1. The van der Waals surface area contributed by atoms with Crippen LogP contribution in [0, 0.1) is 12.8 Å². The van der Waals surface area contributed by atoms with Crippen molar-refractivity contribution in [3.63, 3.8) is 0 Å². The molecule has 1 aliphatic carbocycles. The highest BCUT2D eigenvalue weighted by Crippen LogP contribution is 2.46. The van der Waals surface area contributed by atoms with Crippen molar-refractivity contribution < 1.29 is 0 Å². The van der Waals surface area contributed by atoms with Crippen molar-refractivity contribution in [1.29, 1.82) is 0 Å². The van der Waals surface area contributed by atoms with Gasteiger partial charge in [0.1, 0.15) is 0 Å².